The standard InChI is InChI=1S/C21H26ClN3O3/c1-2-8-25(21(27)17-7-14-28-16-17)9-6-20(26)24-12-10-23(11-13-24)19-5-3-4-18(22)15-19/h3-5,7,14-16H,2,6,8-13H2,1H3. The highest BCUT2D eigenvalue weighted by Gasteiger charge is 2.23. The van der Waals surface area contributed by atoms with Crippen LogP contribution in [0, 0.1) is 0 Å². The topological polar surface area (TPSA) is 57.0 Å². The average molecular weight is 404 g/mol. The number of benzene rings is 1. The van der Waals surface area contributed by atoms with Gasteiger partial charge in [0.25, 0.3) is 5.91 Å². The summed E-state index contributed by atoms with van der Waals surface area (Å²) in [4.78, 5) is 31.0. The summed E-state index contributed by atoms with van der Waals surface area (Å²) in [7, 11) is 0. The summed E-state index contributed by atoms with van der Waals surface area (Å²) in [5, 5.41) is 0.717. The molecule has 0 atom stereocenters. The monoisotopic (exact) mass is 403 g/mol. The first-order chi connectivity index (χ1) is 13.6. The molecule has 2 aromatic rings. The van der Waals surface area contributed by atoms with Gasteiger partial charge in [-0.15, -0.1) is 0 Å². The SMILES string of the molecule is CCCN(CCC(=O)N1CCN(c2cccc(Cl)c2)CC1)C(=O)c1ccoc1. The molecule has 1 aromatic carbocycles. The Balaban J connectivity index is 1.50. The Bertz CT molecular complexity index is 786. The molecule has 1 aliphatic rings. The second kappa shape index (κ2) is 9.64. The number of halogens is 1. The summed E-state index contributed by atoms with van der Waals surface area (Å²) in [6.45, 7) is 5.97. The van der Waals surface area contributed by atoms with Crippen LogP contribution in [0.3, 0.4) is 0 Å². The Morgan fingerprint density at radius 3 is 2.57 bits per heavy atom. The van der Waals surface area contributed by atoms with Gasteiger partial charge in [0.2, 0.25) is 5.91 Å². The van der Waals surface area contributed by atoms with E-state index < -0.39 is 0 Å². The van der Waals surface area contributed by atoms with Crippen molar-refractivity contribution in [3.63, 3.8) is 0 Å². The minimum Gasteiger partial charge on any atom is -0.472 e. The second-order valence-corrected chi connectivity index (χ2v) is 7.34. The molecule has 1 saturated heterocycles. The Morgan fingerprint density at radius 2 is 1.93 bits per heavy atom. The molecule has 2 amide bonds. The Morgan fingerprint density at radius 1 is 1.14 bits per heavy atom. The van der Waals surface area contributed by atoms with Crippen LogP contribution in [0.15, 0.2) is 47.3 Å². The van der Waals surface area contributed by atoms with E-state index in [0.717, 1.165) is 25.2 Å². The first-order valence-electron chi connectivity index (χ1n) is 9.68. The van der Waals surface area contributed by atoms with E-state index in [2.05, 4.69) is 4.90 Å². The fraction of sp³-hybridized carbons (Fsp3) is 0.429. The van der Waals surface area contributed by atoms with Crippen molar-refractivity contribution in [3.8, 4) is 0 Å². The van der Waals surface area contributed by atoms with E-state index in [0.29, 0.717) is 43.2 Å². The molecule has 28 heavy (non-hydrogen) atoms. The van der Waals surface area contributed by atoms with Crippen molar-refractivity contribution in [2.45, 2.75) is 19.8 Å². The number of carbonyl (C=O) groups is 2. The van der Waals surface area contributed by atoms with Gasteiger partial charge in [0.1, 0.15) is 6.26 Å². The number of anilines is 1. The van der Waals surface area contributed by atoms with Gasteiger partial charge in [-0.3, -0.25) is 9.59 Å². The van der Waals surface area contributed by atoms with E-state index in [1.807, 2.05) is 36.1 Å². The minimum absolute atomic E-state index is 0.0887. The predicted octanol–water partition coefficient (Wildman–Crippen LogP) is 3.52. The number of piperazine rings is 1. The molecule has 0 aliphatic carbocycles. The lowest BCUT2D eigenvalue weighted by Gasteiger charge is -2.36. The van der Waals surface area contributed by atoms with Gasteiger partial charge in [0.15, 0.2) is 0 Å². The highest BCUT2D eigenvalue weighted by Crippen LogP contribution is 2.21. The normalized spacial score (nSPS) is 14.2. The van der Waals surface area contributed by atoms with Gasteiger partial charge in [-0.1, -0.05) is 24.6 Å². The largest absolute Gasteiger partial charge is 0.472 e. The second-order valence-electron chi connectivity index (χ2n) is 6.90. The molecule has 150 valence electrons. The molecule has 1 aliphatic heterocycles. The molecule has 0 spiro atoms. The van der Waals surface area contributed by atoms with Crippen LogP contribution in [-0.4, -0.2) is 60.9 Å². The highest BCUT2D eigenvalue weighted by atomic mass is 35.5. The third-order valence-electron chi connectivity index (χ3n) is 4.95. The van der Waals surface area contributed by atoms with E-state index in [1.54, 1.807) is 11.0 Å². The fourth-order valence-corrected chi connectivity index (χ4v) is 3.61. The summed E-state index contributed by atoms with van der Waals surface area (Å²) in [6, 6.07) is 9.44. The molecule has 0 N–H and O–H groups in total. The first-order valence-corrected chi connectivity index (χ1v) is 10.1. The van der Waals surface area contributed by atoms with Gasteiger partial charge in [-0.2, -0.15) is 0 Å². The first kappa shape index (κ1) is 20.3. The third kappa shape index (κ3) is 5.07. The van der Waals surface area contributed by atoms with Crippen molar-refractivity contribution in [1.82, 2.24) is 9.80 Å². The zero-order valence-corrected chi connectivity index (χ0v) is 16.9. The van der Waals surface area contributed by atoms with Crippen LogP contribution in [0.5, 0.6) is 0 Å². The molecule has 3 rings (SSSR count). The molecule has 0 bridgehead atoms. The van der Waals surface area contributed by atoms with Crippen LogP contribution >= 0.6 is 11.6 Å². The summed E-state index contributed by atoms with van der Waals surface area (Å²) < 4.78 is 5.00. The van der Waals surface area contributed by atoms with Gasteiger partial charge in [0.05, 0.1) is 11.8 Å². The predicted molar refractivity (Wildman–Crippen MR) is 110 cm³/mol. The summed E-state index contributed by atoms with van der Waals surface area (Å²) in [5.74, 6) is 0.000941. The van der Waals surface area contributed by atoms with E-state index in [1.165, 1.54) is 12.5 Å². The Hall–Kier alpha value is -2.47. The van der Waals surface area contributed by atoms with Gasteiger partial charge in [-0.25, -0.2) is 0 Å². The molecule has 7 heteroatoms. The van der Waals surface area contributed by atoms with Crippen molar-refractivity contribution in [1.29, 1.82) is 0 Å². The lowest BCUT2D eigenvalue weighted by atomic mass is 10.2. The number of rotatable bonds is 7. The van der Waals surface area contributed by atoms with Gasteiger partial charge < -0.3 is 19.1 Å². The summed E-state index contributed by atoms with van der Waals surface area (Å²) >= 11 is 6.07. The lowest BCUT2D eigenvalue weighted by molar-refractivity contribution is -0.131. The zero-order valence-electron chi connectivity index (χ0n) is 16.1. The molecule has 0 radical (unpaired) electrons. The lowest BCUT2D eigenvalue weighted by Crippen LogP contribution is -2.49. The van der Waals surface area contributed by atoms with Gasteiger partial charge >= 0.3 is 0 Å². The molecule has 1 aromatic heterocycles. The van der Waals surface area contributed by atoms with Crippen molar-refractivity contribution in [2.75, 3.05) is 44.2 Å². The molecule has 6 nitrogen and oxygen atoms in total. The molecular formula is C21H26ClN3O3. The van der Waals surface area contributed by atoms with Crippen LogP contribution in [0.4, 0.5) is 5.69 Å². The summed E-state index contributed by atoms with van der Waals surface area (Å²) in [6.07, 6.45) is 4.11. The maximum absolute atomic E-state index is 12.6. The number of amides is 2. The number of furan rings is 1. The molecular weight excluding hydrogens is 378 g/mol. The molecule has 2 heterocycles. The van der Waals surface area contributed by atoms with Crippen LogP contribution in [0.25, 0.3) is 0 Å². The Kier molecular flexibility index (Phi) is 6.98. The van der Waals surface area contributed by atoms with E-state index in [4.69, 9.17) is 16.0 Å². The van der Waals surface area contributed by atoms with Crippen LogP contribution in [0.2, 0.25) is 5.02 Å². The zero-order chi connectivity index (χ0) is 19.9. The van der Waals surface area contributed by atoms with Gasteiger partial charge in [-0.05, 0) is 30.7 Å². The number of nitrogens with zero attached hydrogens (tertiary/aromatic N) is 3. The van der Waals surface area contributed by atoms with E-state index in [-0.39, 0.29) is 11.8 Å². The van der Waals surface area contributed by atoms with Crippen molar-refractivity contribution >= 4 is 29.1 Å². The van der Waals surface area contributed by atoms with E-state index >= 15 is 0 Å². The quantitative estimate of drug-likeness (QED) is 0.709. The molecule has 1 fully saturated rings. The highest BCUT2D eigenvalue weighted by molar-refractivity contribution is 6.30. The molecule has 0 unspecified atom stereocenters. The Labute approximate surface area is 170 Å². The fourth-order valence-electron chi connectivity index (χ4n) is 3.43. The van der Waals surface area contributed by atoms with Crippen LogP contribution in [0.1, 0.15) is 30.1 Å². The van der Waals surface area contributed by atoms with Crippen molar-refractivity contribution in [3.05, 3.63) is 53.4 Å². The smallest absolute Gasteiger partial charge is 0.257 e. The average Bonchev–Trinajstić information content (AvgIpc) is 3.25. The van der Waals surface area contributed by atoms with Crippen LogP contribution in [-0.2, 0) is 4.79 Å². The third-order valence-corrected chi connectivity index (χ3v) is 5.19. The number of hydrogen-bond donors (Lipinski definition) is 0. The van der Waals surface area contributed by atoms with Crippen molar-refractivity contribution in [2.24, 2.45) is 0 Å². The maximum atomic E-state index is 12.6. The molecule has 0 saturated carbocycles. The number of hydrogen-bond acceptors (Lipinski definition) is 4. The van der Waals surface area contributed by atoms with E-state index in [9.17, 15) is 9.59 Å². The van der Waals surface area contributed by atoms with Gasteiger partial charge in [0, 0.05) is 56.4 Å². The summed E-state index contributed by atoms with van der Waals surface area (Å²) in [5.41, 5.74) is 1.61. The maximum Gasteiger partial charge on any atom is 0.257 e. The van der Waals surface area contributed by atoms with Crippen molar-refractivity contribution < 1.29 is 14.0 Å². The minimum atomic E-state index is -0.0887. The number of carbonyl (C=O) groups excluding carboxylic acids is 2. The van der Waals surface area contributed by atoms with Crippen LogP contribution < -0.4 is 4.90 Å².